The molecule has 1 saturated heterocycles. The molecule has 2 rings (SSSR count). The minimum Gasteiger partial charge on any atom is -0.480 e. The van der Waals surface area contributed by atoms with Crippen molar-refractivity contribution >= 4 is 23.6 Å². The minimum atomic E-state index is -1.06. The van der Waals surface area contributed by atoms with Gasteiger partial charge in [-0.1, -0.05) is 18.2 Å². The molecule has 1 aromatic rings. The molecule has 3 N–H and O–H groups in total. The van der Waals surface area contributed by atoms with Crippen LogP contribution >= 0.6 is 11.8 Å². The molecule has 0 saturated carbocycles. The van der Waals surface area contributed by atoms with Gasteiger partial charge >= 0.3 is 5.97 Å². The van der Waals surface area contributed by atoms with E-state index in [0.29, 0.717) is 11.1 Å². The zero-order valence-electron chi connectivity index (χ0n) is 10.5. The van der Waals surface area contributed by atoms with Crippen molar-refractivity contribution in [2.75, 3.05) is 12.3 Å². The summed E-state index contributed by atoms with van der Waals surface area (Å²) in [4.78, 5) is 24.5. The number of aliphatic carboxylic acids is 1. The van der Waals surface area contributed by atoms with Crippen molar-refractivity contribution in [1.82, 2.24) is 4.90 Å². The molecule has 6 nitrogen and oxygen atoms in total. The molecule has 1 amide bonds. The normalized spacial score (nSPS) is 21.5. The maximum atomic E-state index is 12.0. The maximum absolute atomic E-state index is 12.0. The van der Waals surface area contributed by atoms with Crippen molar-refractivity contribution in [2.45, 2.75) is 11.4 Å². The standard InChI is InChI=1S/C13H13N3O3S/c14-5-8-3-1-2-4-9(8)12-16(11(17)6-15)10(7-20-12)13(18)19/h1-4,10,12H,6-7,15H2,(H,18,19)/t10-,12?/m0/s1. The summed E-state index contributed by atoms with van der Waals surface area (Å²) in [6.07, 6.45) is 0. The van der Waals surface area contributed by atoms with Crippen LogP contribution in [0, 0.1) is 11.3 Å². The highest BCUT2D eigenvalue weighted by atomic mass is 32.2. The van der Waals surface area contributed by atoms with E-state index in [0.717, 1.165) is 0 Å². The van der Waals surface area contributed by atoms with E-state index in [1.807, 2.05) is 0 Å². The molecule has 2 atom stereocenters. The molecule has 0 bridgehead atoms. The van der Waals surface area contributed by atoms with Crippen LogP contribution < -0.4 is 5.73 Å². The number of carboxylic acid groups (broad SMARTS) is 1. The summed E-state index contributed by atoms with van der Waals surface area (Å²) < 4.78 is 0. The number of benzene rings is 1. The van der Waals surface area contributed by atoms with Crippen molar-refractivity contribution in [3.8, 4) is 6.07 Å². The number of hydrogen-bond donors (Lipinski definition) is 2. The van der Waals surface area contributed by atoms with Gasteiger partial charge in [0.1, 0.15) is 11.4 Å². The fourth-order valence-corrected chi connectivity index (χ4v) is 3.64. The van der Waals surface area contributed by atoms with E-state index in [1.165, 1.54) is 16.7 Å². The van der Waals surface area contributed by atoms with Crippen LogP contribution in [0.15, 0.2) is 24.3 Å². The van der Waals surface area contributed by atoms with Crippen LogP contribution in [0.5, 0.6) is 0 Å². The largest absolute Gasteiger partial charge is 0.480 e. The number of carbonyl (C=O) groups excluding carboxylic acids is 1. The van der Waals surface area contributed by atoms with E-state index in [1.54, 1.807) is 24.3 Å². The van der Waals surface area contributed by atoms with Crippen molar-refractivity contribution in [1.29, 1.82) is 5.26 Å². The lowest BCUT2D eigenvalue weighted by molar-refractivity contribution is -0.148. The zero-order chi connectivity index (χ0) is 14.7. The van der Waals surface area contributed by atoms with Gasteiger partial charge in [0, 0.05) is 11.3 Å². The molecule has 0 spiro atoms. The quantitative estimate of drug-likeness (QED) is 0.841. The molecule has 0 aromatic heterocycles. The molecular weight excluding hydrogens is 278 g/mol. The van der Waals surface area contributed by atoms with Crippen molar-refractivity contribution < 1.29 is 14.7 Å². The van der Waals surface area contributed by atoms with Gasteiger partial charge in [-0.05, 0) is 6.07 Å². The first kappa shape index (κ1) is 14.4. The lowest BCUT2D eigenvalue weighted by Crippen LogP contribution is -2.45. The highest BCUT2D eigenvalue weighted by Gasteiger charge is 2.42. The lowest BCUT2D eigenvalue weighted by atomic mass is 10.1. The number of carbonyl (C=O) groups is 2. The van der Waals surface area contributed by atoms with Gasteiger partial charge in [-0.25, -0.2) is 4.79 Å². The molecule has 1 aliphatic heterocycles. The SMILES string of the molecule is N#Cc1ccccc1C1SC[C@@H](C(=O)O)N1C(=O)CN. The number of carboxylic acids is 1. The predicted octanol–water partition coefficient (Wildman–Crippen LogP) is 0.544. The molecule has 0 aliphatic carbocycles. The van der Waals surface area contributed by atoms with E-state index < -0.39 is 23.3 Å². The van der Waals surface area contributed by atoms with Crippen molar-refractivity contribution in [3.63, 3.8) is 0 Å². The molecule has 1 heterocycles. The number of nitrogens with zero attached hydrogens (tertiary/aromatic N) is 2. The van der Waals surface area contributed by atoms with Crippen LogP contribution in [-0.4, -0.2) is 40.2 Å². The molecular formula is C13H13N3O3S. The molecule has 7 heteroatoms. The number of rotatable bonds is 3. The Kier molecular flexibility index (Phi) is 4.27. The van der Waals surface area contributed by atoms with E-state index >= 15 is 0 Å². The zero-order valence-corrected chi connectivity index (χ0v) is 11.3. The predicted molar refractivity (Wildman–Crippen MR) is 73.7 cm³/mol. The Balaban J connectivity index is 2.43. The van der Waals surface area contributed by atoms with Gasteiger partial charge < -0.3 is 15.7 Å². The third-order valence-corrected chi connectivity index (χ3v) is 4.40. The van der Waals surface area contributed by atoms with Crippen LogP contribution in [0.1, 0.15) is 16.5 Å². The first-order valence-corrected chi connectivity index (χ1v) is 6.99. The summed E-state index contributed by atoms with van der Waals surface area (Å²) in [5.41, 5.74) is 6.45. The first-order chi connectivity index (χ1) is 9.60. The third-order valence-electron chi connectivity index (χ3n) is 3.10. The number of nitrogens with two attached hydrogens (primary N) is 1. The molecule has 20 heavy (non-hydrogen) atoms. The minimum absolute atomic E-state index is 0.254. The van der Waals surface area contributed by atoms with Gasteiger partial charge in [-0.2, -0.15) is 5.26 Å². The van der Waals surface area contributed by atoms with Crippen LogP contribution in [0.25, 0.3) is 0 Å². The number of thioether (sulfide) groups is 1. The molecule has 1 unspecified atom stereocenters. The summed E-state index contributed by atoms with van der Waals surface area (Å²) in [6, 6.07) is 8.02. The Hall–Kier alpha value is -2.04. The van der Waals surface area contributed by atoms with E-state index in [-0.39, 0.29) is 12.3 Å². The van der Waals surface area contributed by atoms with Gasteiger partial charge in [-0.3, -0.25) is 4.79 Å². The van der Waals surface area contributed by atoms with E-state index in [2.05, 4.69) is 6.07 Å². The Morgan fingerprint density at radius 3 is 2.80 bits per heavy atom. The third kappa shape index (κ3) is 2.48. The van der Waals surface area contributed by atoms with Gasteiger partial charge in [0.05, 0.1) is 18.2 Å². The van der Waals surface area contributed by atoms with Crippen LogP contribution in [-0.2, 0) is 9.59 Å². The number of hydrogen-bond acceptors (Lipinski definition) is 5. The summed E-state index contributed by atoms with van der Waals surface area (Å²) in [6.45, 7) is -0.254. The summed E-state index contributed by atoms with van der Waals surface area (Å²) >= 11 is 1.33. The average Bonchev–Trinajstić information content (AvgIpc) is 2.91. The molecule has 104 valence electrons. The van der Waals surface area contributed by atoms with Gasteiger partial charge in [0.25, 0.3) is 0 Å². The number of amides is 1. The smallest absolute Gasteiger partial charge is 0.327 e. The second-order valence-corrected chi connectivity index (χ2v) is 5.36. The van der Waals surface area contributed by atoms with Gasteiger partial charge in [-0.15, -0.1) is 11.8 Å². The van der Waals surface area contributed by atoms with Crippen molar-refractivity contribution in [3.05, 3.63) is 35.4 Å². The van der Waals surface area contributed by atoms with Crippen LogP contribution in [0.3, 0.4) is 0 Å². The monoisotopic (exact) mass is 291 g/mol. The van der Waals surface area contributed by atoms with E-state index in [9.17, 15) is 14.7 Å². The number of nitriles is 1. The second kappa shape index (κ2) is 5.94. The van der Waals surface area contributed by atoms with Gasteiger partial charge in [0.2, 0.25) is 5.91 Å². The summed E-state index contributed by atoms with van der Waals surface area (Å²) in [7, 11) is 0. The summed E-state index contributed by atoms with van der Waals surface area (Å²) in [5, 5.41) is 17.9. The molecule has 1 aliphatic rings. The Bertz CT molecular complexity index is 584. The first-order valence-electron chi connectivity index (χ1n) is 5.94. The molecule has 1 fully saturated rings. The Morgan fingerprint density at radius 1 is 1.50 bits per heavy atom. The van der Waals surface area contributed by atoms with Crippen molar-refractivity contribution in [2.24, 2.45) is 5.73 Å². The highest BCUT2D eigenvalue weighted by molar-refractivity contribution is 7.99. The Labute approximate surface area is 120 Å². The van der Waals surface area contributed by atoms with Gasteiger partial charge in [0.15, 0.2) is 0 Å². The fourth-order valence-electron chi connectivity index (χ4n) is 2.16. The van der Waals surface area contributed by atoms with Crippen LogP contribution in [0.2, 0.25) is 0 Å². The van der Waals surface area contributed by atoms with Crippen LogP contribution in [0.4, 0.5) is 0 Å². The maximum Gasteiger partial charge on any atom is 0.327 e. The molecule has 0 radical (unpaired) electrons. The Morgan fingerprint density at radius 2 is 2.20 bits per heavy atom. The molecule has 1 aromatic carbocycles. The summed E-state index contributed by atoms with van der Waals surface area (Å²) in [5.74, 6) is -1.21. The van der Waals surface area contributed by atoms with E-state index in [4.69, 9.17) is 11.0 Å². The second-order valence-electron chi connectivity index (χ2n) is 4.24. The fraction of sp³-hybridized carbons (Fsp3) is 0.308. The topological polar surface area (TPSA) is 107 Å². The average molecular weight is 291 g/mol. The highest BCUT2D eigenvalue weighted by Crippen LogP contribution is 2.42. The lowest BCUT2D eigenvalue weighted by Gasteiger charge is -2.27.